The summed E-state index contributed by atoms with van der Waals surface area (Å²) in [5.41, 5.74) is 0. The third kappa shape index (κ3) is 14.4. The van der Waals surface area contributed by atoms with Gasteiger partial charge in [0.15, 0.2) is 0 Å². The number of hydrogen-bond acceptors (Lipinski definition) is 9. The second-order valence-electron chi connectivity index (χ2n) is 9.41. The van der Waals surface area contributed by atoms with Gasteiger partial charge < -0.3 is 23.7 Å². The van der Waals surface area contributed by atoms with Crippen molar-refractivity contribution in [2.45, 2.75) is 38.5 Å². The van der Waals surface area contributed by atoms with Crippen molar-refractivity contribution in [2.24, 2.45) is 0 Å². The molecule has 246 valence electrons. The molecule has 0 saturated heterocycles. The topological polar surface area (TPSA) is 122 Å². The van der Waals surface area contributed by atoms with E-state index in [0.717, 1.165) is 22.2 Å². The summed E-state index contributed by atoms with van der Waals surface area (Å²) in [6.07, 6.45) is 6.92. The van der Waals surface area contributed by atoms with E-state index in [1.165, 1.54) is 34.5 Å². The minimum absolute atomic E-state index is 0.230. The van der Waals surface area contributed by atoms with Crippen LogP contribution >= 0.6 is 6.89 Å². The van der Waals surface area contributed by atoms with Gasteiger partial charge in [-0.25, -0.2) is 9.59 Å². The fourth-order valence-corrected chi connectivity index (χ4v) is 7.71. The molecule has 0 aliphatic carbocycles. The van der Waals surface area contributed by atoms with Gasteiger partial charge in [0.25, 0.3) is 0 Å². The van der Waals surface area contributed by atoms with Crippen LogP contribution in [0.15, 0.2) is 103 Å². The third-order valence-electron chi connectivity index (χ3n) is 6.36. The molecule has 0 saturated carbocycles. The normalized spacial score (nSPS) is 10.2. The molecule has 0 aromatic heterocycles. The van der Waals surface area contributed by atoms with Gasteiger partial charge in [0, 0.05) is 31.1 Å². The Morgan fingerprint density at radius 2 is 0.957 bits per heavy atom. The lowest BCUT2D eigenvalue weighted by Gasteiger charge is -2.28. The first-order valence-corrected chi connectivity index (χ1v) is 16.5. The maximum Gasteiger partial charge on any atom is 0.331 e. The summed E-state index contributed by atoms with van der Waals surface area (Å²) >= 11 is 0. The second-order valence-corrected chi connectivity index (χ2v) is 12.7. The largest absolute Gasteiger partial charge is 0.469 e. The number of carbonyl (C=O) groups is 5. The molecule has 0 amide bonds. The minimum atomic E-state index is -2.23. The van der Waals surface area contributed by atoms with Crippen molar-refractivity contribution in [3.05, 3.63) is 103 Å². The standard InChI is InChI=1S/C21H19O2P.C9H14O4.C6H10O3/c1-23-21(22)17-24(18-11-5-2-6-12-18,19-13-7-3-8-14-19)20-15-9-4-10-16-20;1-12-8(10)6-4-3-5-7-9(11)13-2;1-9-6(8)4-2-3-5-7/h2-17H,1H3;4,6H,3,5,7H2,1-2H3;5H,2-4H2,1H3/b;6-4+;. The van der Waals surface area contributed by atoms with E-state index in [1.54, 1.807) is 11.9 Å². The second kappa shape index (κ2) is 23.6. The van der Waals surface area contributed by atoms with Gasteiger partial charge in [-0.2, -0.15) is 0 Å². The van der Waals surface area contributed by atoms with Crippen LogP contribution in [-0.4, -0.2) is 64.4 Å². The van der Waals surface area contributed by atoms with E-state index in [4.69, 9.17) is 4.74 Å². The fraction of sp³-hybridized carbons (Fsp3) is 0.278. The van der Waals surface area contributed by atoms with Crippen molar-refractivity contribution in [3.63, 3.8) is 0 Å². The van der Waals surface area contributed by atoms with Crippen molar-refractivity contribution in [1.29, 1.82) is 0 Å². The van der Waals surface area contributed by atoms with Crippen molar-refractivity contribution in [2.75, 3.05) is 28.4 Å². The predicted molar refractivity (Wildman–Crippen MR) is 182 cm³/mol. The summed E-state index contributed by atoms with van der Waals surface area (Å²) in [5, 5.41) is 3.40. The number of benzene rings is 3. The van der Waals surface area contributed by atoms with Crippen molar-refractivity contribution in [3.8, 4) is 0 Å². The Morgan fingerprint density at radius 3 is 1.30 bits per heavy atom. The average molecular weight is 651 g/mol. The van der Waals surface area contributed by atoms with Crippen molar-refractivity contribution < 1.29 is 42.9 Å². The molecule has 10 heteroatoms. The minimum Gasteiger partial charge on any atom is -0.469 e. The Kier molecular flexibility index (Phi) is 20.2. The van der Waals surface area contributed by atoms with Gasteiger partial charge in [-0.15, -0.1) is 0 Å². The van der Waals surface area contributed by atoms with E-state index in [0.29, 0.717) is 38.5 Å². The number of unbranched alkanes of at least 4 members (excludes halogenated alkanes) is 2. The molecular weight excluding hydrogens is 607 g/mol. The Morgan fingerprint density at radius 1 is 0.565 bits per heavy atom. The van der Waals surface area contributed by atoms with Crippen LogP contribution < -0.4 is 15.9 Å². The molecule has 3 aromatic carbocycles. The molecule has 0 unspecified atom stereocenters. The highest BCUT2D eigenvalue weighted by molar-refractivity contribution is 7.95. The van der Waals surface area contributed by atoms with Crippen LogP contribution in [0, 0.1) is 0 Å². The van der Waals surface area contributed by atoms with Gasteiger partial charge in [0.2, 0.25) is 0 Å². The van der Waals surface area contributed by atoms with Gasteiger partial charge in [0.05, 0.1) is 28.4 Å². The van der Waals surface area contributed by atoms with Crippen LogP contribution in [0.3, 0.4) is 0 Å². The zero-order valence-corrected chi connectivity index (χ0v) is 27.7. The molecule has 3 aromatic rings. The number of rotatable bonds is 13. The van der Waals surface area contributed by atoms with Gasteiger partial charge in [-0.05, 0) is 42.1 Å². The first-order valence-electron chi connectivity index (χ1n) is 14.6. The van der Waals surface area contributed by atoms with E-state index in [2.05, 4.69) is 50.6 Å². The highest BCUT2D eigenvalue weighted by Crippen LogP contribution is 2.43. The summed E-state index contributed by atoms with van der Waals surface area (Å²) in [7, 11) is 5.44. The van der Waals surface area contributed by atoms with Gasteiger partial charge in [-0.3, -0.25) is 9.59 Å². The van der Waals surface area contributed by atoms with Crippen LogP contribution in [0.1, 0.15) is 38.5 Å². The molecule has 0 radical (unpaired) electrons. The number of ether oxygens (including phenoxy) is 4. The SMILES string of the molecule is COC(=O)/C=C/CCCC(=O)OC.COC(=O)C=P(c1ccccc1)(c1ccccc1)c1ccccc1.COC(=O)CCCC=O. The summed E-state index contributed by atoms with van der Waals surface area (Å²) in [6.45, 7) is -2.23. The van der Waals surface area contributed by atoms with Crippen LogP contribution in [0.25, 0.3) is 0 Å². The van der Waals surface area contributed by atoms with Crippen LogP contribution in [0.5, 0.6) is 0 Å². The van der Waals surface area contributed by atoms with E-state index < -0.39 is 6.89 Å². The van der Waals surface area contributed by atoms with Gasteiger partial charge in [0.1, 0.15) is 6.29 Å². The third-order valence-corrected chi connectivity index (χ3v) is 10.3. The quantitative estimate of drug-likeness (QED) is 0.0655. The highest BCUT2D eigenvalue weighted by Gasteiger charge is 2.26. The van der Waals surface area contributed by atoms with Gasteiger partial charge >= 0.3 is 23.9 Å². The first kappa shape index (κ1) is 39.3. The average Bonchev–Trinajstić information content (AvgIpc) is 3.11. The molecule has 0 aliphatic rings. The predicted octanol–water partition coefficient (Wildman–Crippen LogP) is 4.54. The number of esters is 4. The summed E-state index contributed by atoms with van der Waals surface area (Å²) < 4.78 is 18.2. The lowest BCUT2D eigenvalue weighted by molar-refractivity contribution is -0.141. The maximum atomic E-state index is 12.3. The zero-order valence-electron chi connectivity index (χ0n) is 26.8. The molecule has 0 fully saturated rings. The molecule has 0 aliphatic heterocycles. The molecule has 0 spiro atoms. The van der Waals surface area contributed by atoms with Crippen molar-refractivity contribution >= 4 is 58.8 Å². The Labute approximate surface area is 271 Å². The summed E-state index contributed by atoms with van der Waals surface area (Å²) in [4.78, 5) is 53.6. The molecular formula is C36H43O9P. The zero-order chi connectivity index (χ0) is 34.0. The fourth-order valence-electron chi connectivity index (χ4n) is 4.02. The number of aldehydes is 1. The van der Waals surface area contributed by atoms with E-state index in [-0.39, 0.29) is 23.9 Å². The first-order chi connectivity index (χ1) is 22.3. The lowest BCUT2D eigenvalue weighted by atomic mass is 10.2. The monoisotopic (exact) mass is 650 g/mol. The number of carbonyl (C=O) groups excluding carboxylic acids is 5. The van der Waals surface area contributed by atoms with Crippen LogP contribution in [-0.2, 0) is 42.9 Å². The Hall–Kier alpha value is -4.75. The van der Waals surface area contributed by atoms with E-state index in [1.807, 2.05) is 54.6 Å². The number of hydrogen-bond donors (Lipinski definition) is 0. The summed E-state index contributed by atoms with van der Waals surface area (Å²) in [6, 6.07) is 30.6. The molecule has 46 heavy (non-hydrogen) atoms. The molecule has 3 rings (SSSR count). The molecule has 0 bridgehead atoms. The summed E-state index contributed by atoms with van der Waals surface area (Å²) in [5.74, 6) is 0.605. The van der Waals surface area contributed by atoms with Crippen LogP contribution in [0.4, 0.5) is 0 Å². The van der Waals surface area contributed by atoms with Crippen molar-refractivity contribution in [1.82, 2.24) is 0 Å². The lowest BCUT2D eigenvalue weighted by Crippen LogP contribution is -2.28. The van der Waals surface area contributed by atoms with E-state index >= 15 is 0 Å². The molecule has 0 heterocycles. The molecule has 9 nitrogen and oxygen atoms in total. The molecule has 0 N–H and O–H groups in total. The van der Waals surface area contributed by atoms with Crippen LogP contribution in [0.2, 0.25) is 0 Å². The van der Waals surface area contributed by atoms with Gasteiger partial charge in [-0.1, -0.05) is 97.1 Å². The molecule has 0 atom stereocenters. The maximum absolute atomic E-state index is 12.3. The Balaban J connectivity index is 0.000000405. The number of allylic oxidation sites excluding steroid dienone is 1. The Bertz CT molecular complexity index is 1320. The smallest absolute Gasteiger partial charge is 0.331 e. The number of methoxy groups -OCH3 is 4. The van der Waals surface area contributed by atoms with E-state index in [9.17, 15) is 24.0 Å². The highest BCUT2D eigenvalue weighted by atomic mass is 31.2.